The van der Waals surface area contributed by atoms with Crippen LogP contribution in [0.25, 0.3) is 118 Å². The molecule has 0 aliphatic rings. The molecular weight excluding hydrogens is 721 g/mol. The Morgan fingerprint density at radius 1 is 0.492 bits per heavy atom. The standard InChI is InChI=1S/C54H34N4O/c1-34-37-18-10-14-28-52(37)59-51(34)29-15-25-46-42-22-7-11-24-45(42)55-54(56-46)58-48-27-13-9-23-43(48)53-41-21-6-5-19-38(41)44(33-50(53)58)35-30-31-40-39-20-8-12-26-47(39)57(49(40)32-35)36-16-3-2-4-17-36/h2-33H,1H2/b25-15+,51-29+. The fourth-order valence-electron chi connectivity index (χ4n) is 9.07. The number of furan rings is 1. The van der Waals surface area contributed by atoms with Crippen molar-refractivity contribution >= 4 is 95.0 Å². The number of rotatable bonds is 5. The number of hydrogen-bond donors (Lipinski definition) is 0. The van der Waals surface area contributed by atoms with Crippen molar-refractivity contribution in [2.75, 3.05) is 0 Å². The third-order valence-electron chi connectivity index (χ3n) is 11.7. The van der Waals surface area contributed by atoms with E-state index in [-0.39, 0.29) is 0 Å². The van der Waals surface area contributed by atoms with Crippen molar-refractivity contribution in [3.8, 4) is 22.8 Å². The number of para-hydroxylation sites is 5. The van der Waals surface area contributed by atoms with Crippen LogP contribution >= 0.6 is 0 Å². The normalized spacial score (nSPS) is 12.5. The second kappa shape index (κ2) is 13.0. The molecule has 4 aromatic heterocycles. The molecule has 4 heterocycles. The van der Waals surface area contributed by atoms with Crippen LogP contribution in [0.15, 0.2) is 186 Å². The van der Waals surface area contributed by atoms with Crippen LogP contribution in [0.5, 0.6) is 0 Å². The molecule has 0 aliphatic heterocycles. The number of nitrogens with zero attached hydrogens (tertiary/aromatic N) is 4. The molecule has 5 heteroatoms. The quantitative estimate of drug-likeness (QED) is 0.176. The van der Waals surface area contributed by atoms with Crippen molar-refractivity contribution in [2.24, 2.45) is 0 Å². The van der Waals surface area contributed by atoms with E-state index in [2.05, 4.69) is 155 Å². The molecule has 5 nitrogen and oxygen atoms in total. The Morgan fingerprint density at radius 3 is 1.95 bits per heavy atom. The monoisotopic (exact) mass is 754 g/mol. The molecule has 8 aromatic carbocycles. The van der Waals surface area contributed by atoms with Gasteiger partial charge in [0.2, 0.25) is 5.95 Å². The lowest BCUT2D eigenvalue weighted by Gasteiger charge is -2.13. The number of hydrogen-bond acceptors (Lipinski definition) is 3. The third-order valence-corrected chi connectivity index (χ3v) is 11.7. The molecule has 0 aliphatic carbocycles. The van der Waals surface area contributed by atoms with Gasteiger partial charge in [0.25, 0.3) is 0 Å². The van der Waals surface area contributed by atoms with E-state index in [1.165, 1.54) is 38.0 Å². The number of allylic oxidation sites excluding steroid dienone is 1. The Bertz CT molecular complexity index is 3810. The molecule has 0 amide bonds. The number of aromatic nitrogens is 4. The predicted molar refractivity (Wildman–Crippen MR) is 246 cm³/mol. The van der Waals surface area contributed by atoms with Crippen LogP contribution in [0.3, 0.4) is 0 Å². The van der Waals surface area contributed by atoms with E-state index in [1.54, 1.807) is 0 Å². The Hall–Kier alpha value is -8.02. The molecule has 0 spiro atoms. The molecule has 0 atom stereocenters. The Morgan fingerprint density at radius 2 is 1.14 bits per heavy atom. The van der Waals surface area contributed by atoms with E-state index in [0.717, 1.165) is 71.4 Å². The molecule has 0 bridgehead atoms. The van der Waals surface area contributed by atoms with Gasteiger partial charge in [0.15, 0.2) is 0 Å². The summed E-state index contributed by atoms with van der Waals surface area (Å²) >= 11 is 0. The average Bonchev–Trinajstić information content (AvgIpc) is 3.92. The van der Waals surface area contributed by atoms with Crippen molar-refractivity contribution in [3.63, 3.8) is 0 Å². The van der Waals surface area contributed by atoms with Gasteiger partial charge in [-0.2, -0.15) is 0 Å². The zero-order valence-electron chi connectivity index (χ0n) is 31.9. The van der Waals surface area contributed by atoms with Crippen molar-refractivity contribution in [3.05, 3.63) is 198 Å². The zero-order valence-corrected chi connectivity index (χ0v) is 31.9. The summed E-state index contributed by atoms with van der Waals surface area (Å²) in [5, 5.41) is 10.0. The van der Waals surface area contributed by atoms with Gasteiger partial charge >= 0.3 is 0 Å². The van der Waals surface area contributed by atoms with Gasteiger partial charge in [-0.25, -0.2) is 9.97 Å². The Labute approximate surface area is 338 Å². The van der Waals surface area contributed by atoms with Gasteiger partial charge in [-0.15, -0.1) is 0 Å². The fourth-order valence-corrected chi connectivity index (χ4v) is 9.07. The van der Waals surface area contributed by atoms with Crippen LogP contribution in [-0.2, 0) is 0 Å². The molecule has 0 unspecified atom stereocenters. The third kappa shape index (κ3) is 5.12. The van der Waals surface area contributed by atoms with Crippen molar-refractivity contribution in [2.45, 2.75) is 0 Å². The van der Waals surface area contributed by atoms with E-state index in [0.29, 0.717) is 5.95 Å². The van der Waals surface area contributed by atoms with Crippen LogP contribution in [0.4, 0.5) is 0 Å². The summed E-state index contributed by atoms with van der Waals surface area (Å²) in [5.41, 5.74) is 11.1. The Balaban J connectivity index is 1.11. The highest BCUT2D eigenvalue weighted by Gasteiger charge is 2.21. The van der Waals surface area contributed by atoms with Crippen LogP contribution in [0, 0.1) is 0 Å². The van der Waals surface area contributed by atoms with Gasteiger partial charge in [-0.1, -0.05) is 140 Å². The molecule has 12 aromatic rings. The molecule has 0 saturated carbocycles. The first-order chi connectivity index (χ1) is 29.2. The molecule has 59 heavy (non-hydrogen) atoms. The zero-order chi connectivity index (χ0) is 39.0. The van der Waals surface area contributed by atoms with E-state index >= 15 is 0 Å². The van der Waals surface area contributed by atoms with Crippen LogP contribution in [0.2, 0.25) is 0 Å². The maximum absolute atomic E-state index is 6.15. The second-order valence-corrected chi connectivity index (χ2v) is 15.0. The first-order valence-electron chi connectivity index (χ1n) is 19.9. The Kier molecular flexibility index (Phi) is 7.31. The maximum Gasteiger partial charge on any atom is 0.235 e. The molecule has 0 fully saturated rings. The summed E-state index contributed by atoms with van der Waals surface area (Å²) in [6, 6.07) is 62.1. The molecule has 276 valence electrons. The largest absolute Gasteiger partial charge is 0.456 e. The minimum absolute atomic E-state index is 0.608. The van der Waals surface area contributed by atoms with E-state index in [1.807, 2.05) is 54.6 Å². The molecule has 0 saturated heterocycles. The van der Waals surface area contributed by atoms with Gasteiger partial charge in [-0.3, -0.25) is 4.57 Å². The maximum atomic E-state index is 6.15. The average molecular weight is 755 g/mol. The smallest absolute Gasteiger partial charge is 0.235 e. The van der Waals surface area contributed by atoms with Crippen molar-refractivity contribution in [1.29, 1.82) is 0 Å². The summed E-state index contributed by atoms with van der Waals surface area (Å²) < 4.78 is 10.8. The summed E-state index contributed by atoms with van der Waals surface area (Å²) in [6.45, 7) is 4.29. The highest BCUT2D eigenvalue weighted by atomic mass is 16.3. The van der Waals surface area contributed by atoms with Gasteiger partial charge in [0, 0.05) is 43.2 Å². The van der Waals surface area contributed by atoms with Crippen LogP contribution in [0.1, 0.15) is 5.69 Å². The summed E-state index contributed by atoms with van der Waals surface area (Å²) in [5.74, 6) is 0.608. The second-order valence-electron chi connectivity index (χ2n) is 15.0. The lowest BCUT2D eigenvalue weighted by Crippen LogP contribution is -2.17. The van der Waals surface area contributed by atoms with Gasteiger partial charge in [0.1, 0.15) is 11.0 Å². The number of fused-ring (bicyclic) bond motifs is 10. The van der Waals surface area contributed by atoms with Gasteiger partial charge in [-0.05, 0) is 82.6 Å². The minimum Gasteiger partial charge on any atom is -0.456 e. The van der Waals surface area contributed by atoms with Crippen LogP contribution < -0.4 is 10.6 Å². The fraction of sp³-hybridized carbons (Fsp3) is 0. The first kappa shape index (κ1) is 33.2. The SMILES string of the molecule is C=c1/c(=C\C=C\c2nc(-n3c4ccccc4c4c5ccccc5c(-c5ccc6c7ccccc7n(-c7ccccc7)c6c5)cc43)nc3ccccc23)oc2ccccc12. The number of benzene rings is 8. The first-order valence-corrected chi connectivity index (χ1v) is 19.9. The highest BCUT2D eigenvalue weighted by molar-refractivity contribution is 6.24. The van der Waals surface area contributed by atoms with E-state index < -0.39 is 0 Å². The van der Waals surface area contributed by atoms with Crippen molar-refractivity contribution in [1.82, 2.24) is 19.1 Å². The highest BCUT2D eigenvalue weighted by Crippen LogP contribution is 2.43. The van der Waals surface area contributed by atoms with E-state index in [9.17, 15) is 0 Å². The summed E-state index contributed by atoms with van der Waals surface area (Å²) in [6.07, 6.45) is 6.00. The predicted octanol–water partition coefficient (Wildman–Crippen LogP) is 12.3. The van der Waals surface area contributed by atoms with E-state index in [4.69, 9.17) is 14.4 Å². The lowest BCUT2D eigenvalue weighted by atomic mass is 9.94. The molecule has 0 N–H and O–H groups in total. The lowest BCUT2D eigenvalue weighted by molar-refractivity contribution is 0.576. The van der Waals surface area contributed by atoms with Crippen molar-refractivity contribution < 1.29 is 4.42 Å². The summed E-state index contributed by atoms with van der Waals surface area (Å²) in [7, 11) is 0. The summed E-state index contributed by atoms with van der Waals surface area (Å²) in [4.78, 5) is 10.6. The van der Waals surface area contributed by atoms with Gasteiger partial charge < -0.3 is 8.98 Å². The van der Waals surface area contributed by atoms with Crippen LogP contribution in [-0.4, -0.2) is 19.1 Å². The molecular formula is C54H34N4O. The van der Waals surface area contributed by atoms with Gasteiger partial charge in [0.05, 0.1) is 33.3 Å². The molecule has 12 rings (SSSR count). The molecule has 0 radical (unpaired) electrons. The topological polar surface area (TPSA) is 48.8 Å². The minimum atomic E-state index is 0.608.